The molecule has 3 rings (SSSR count). The van der Waals surface area contributed by atoms with Gasteiger partial charge in [0.2, 0.25) is 15.9 Å². The molecule has 0 bridgehead atoms. The summed E-state index contributed by atoms with van der Waals surface area (Å²) in [6.07, 6.45) is 3.92. The van der Waals surface area contributed by atoms with Crippen LogP contribution in [0.15, 0.2) is 29.2 Å². The number of hydrogen-bond donors (Lipinski definition) is 2. The Morgan fingerprint density at radius 3 is 2.50 bits per heavy atom. The second kappa shape index (κ2) is 7.36. The lowest BCUT2D eigenvalue weighted by atomic mass is 9.91. The van der Waals surface area contributed by atoms with Gasteiger partial charge in [-0.15, -0.1) is 0 Å². The molecule has 0 radical (unpaired) electrons. The van der Waals surface area contributed by atoms with Crippen LogP contribution >= 0.6 is 0 Å². The fraction of sp³-hybridized carbons (Fsp3) is 0.556. The van der Waals surface area contributed by atoms with Gasteiger partial charge in [0.15, 0.2) is 0 Å². The predicted octanol–water partition coefficient (Wildman–Crippen LogP) is 1.26. The Hall–Kier alpha value is -1.93. The lowest BCUT2D eigenvalue weighted by molar-refractivity contribution is -0.134. The summed E-state index contributed by atoms with van der Waals surface area (Å²) in [5, 5.41) is 2.88. The van der Waals surface area contributed by atoms with Gasteiger partial charge >= 0.3 is 0 Å². The van der Waals surface area contributed by atoms with E-state index in [4.69, 9.17) is 0 Å². The van der Waals surface area contributed by atoms with Crippen LogP contribution in [0.5, 0.6) is 0 Å². The molecule has 2 N–H and O–H groups in total. The highest BCUT2D eigenvalue weighted by molar-refractivity contribution is 7.89. The van der Waals surface area contributed by atoms with Crippen molar-refractivity contribution in [3.63, 3.8) is 0 Å². The van der Waals surface area contributed by atoms with Crippen LogP contribution in [-0.4, -0.2) is 50.3 Å². The molecule has 1 aromatic carbocycles. The Labute approximate surface area is 154 Å². The highest BCUT2D eigenvalue weighted by Crippen LogP contribution is 2.37. The third kappa shape index (κ3) is 3.35. The predicted molar refractivity (Wildman–Crippen MR) is 97.2 cm³/mol. The SMILES string of the molecule is CCCNS(=O)(=O)c1ccc(C(=O)N2CCNC(=O)C23CCCC3)cc1. The van der Waals surface area contributed by atoms with Crippen LogP contribution in [0.1, 0.15) is 49.4 Å². The molecule has 1 aromatic rings. The van der Waals surface area contributed by atoms with E-state index in [1.54, 1.807) is 4.90 Å². The van der Waals surface area contributed by atoms with Gasteiger partial charge in [0, 0.05) is 25.2 Å². The van der Waals surface area contributed by atoms with E-state index in [1.165, 1.54) is 24.3 Å². The van der Waals surface area contributed by atoms with E-state index in [9.17, 15) is 18.0 Å². The van der Waals surface area contributed by atoms with E-state index in [0.29, 0.717) is 44.5 Å². The quantitative estimate of drug-likeness (QED) is 0.805. The van der Waals surface area contributed by atoms with Crippen LogP contribution in [0.3, 0.4) is 0 Å². The number of nitrogens with one attached hydrogen (secondary N) is 2. The summed E-state index contributed by atoms with van der Waals surface area (Å²) >= 11 is 0. The molecule has 1 aliphatic carbocycles. The van der Waals surface area contributed by atoms with Crippen molar-refractivity contribution in [1.82, 2.24) is 14.9 Å². The molecule has 142 valence electrons. The maximum Gasteiger partial charge on any atom is 0.254 e. The summed E-state index contributed by atoms with van der Waals surface area (Å²) < 4.78 is 26.8. The second-order valence-electron chi connectivity index (χ2n) is 6.87. The van der Waals surface area contributed by atoms with Crippen LogP contribution < -0.4 is 10.0 Å². The lowest BCUT2D eigenvalue weighted by Crippen LogP contribution is -2.65. The summed E-state index contributed by atoms with van der Waals surface area (Å²) in [6, 6.07) is 5.93. The molecule has 0 unspecified atom stereocenters. The Bertz CT molecular complexity index is 783. The van der Waals surface area contributed by atoms with E-state index in [1.807, 2.05) is 6.92 Å². The Kier molecular flexibility index (Phi) is 5.34. The van der Waals surface area contributed by atoms with Gasteiger partial charge < -0.3 is 10.2 Å². The summed E-state index contributed by atoms with van der Waals surface area (Å²) in [7, 11) is -3.56. The van der Waals surface area contributed by atoms with Crippen LogP contribution in [0.4, 0.5) is 0 Å². The molecule has 2 fully saturated rings. The second-order valence-corrected chi connectivity index (χ2v) is 8.64. The van der Waals surface area contributed by atoms with E-state index >= 15 is 0 Å². The minimum Gasteiger partial charge on any atom is -0.352 e. The van der Waals surface area contributed by atoms with E-state index < -0.39 is 15.6 Å². The van der Waals surface area contributed by atoms with Gasteiger partial charge in [0.05, 0.1) is 4.90 Å². The molecular weight excluding hydrogens is 354 g/mol. The molecule has 1 spiro atoms. The third-order valence-corrected chi connectivity index (χ3v) is 6.67. The lowest BCUT2D eigenvalue weighted by Gasteiger charge is -2.43. The number of benzene rings is 1. The van der Waals surface area contributed by atoms with Crippen molar-refractivity contribution in [3.05, 3.63) is 29.8 Å². The zero-order valence-corrected chi connectivity index (χ0v) is 15.8. The van der Waals surface area contributed by atoms with Gasteiger partial charge in [0.1, 0.15) is 5.54 Å². The van der Waals surface area contributed by atoms with E-state index in [0.717, 1.165) is 12.8 Å². The fourth-order valence-corrected chi connectivity index (χ4v) is 4.92. The van der Waals surface area contributed by atoms with Crippen molar-refractivity contribution in [2.45, 2.75) is 49.5 Å². The first-order chi connectivity index (χ1) is 12.4. The molecule has 1 saturated carbocycles. The summed E-state index contributed by atoms with van der Waals surface area (Å²) in [5.74, 6) is -0.287. The van der Waals surface area contributed by atoms with Gasteiger partial charge in [-0.2, -0.15) is 0 Å². The monoisotopic (exact) mass is 379 g/mol. The number of hydrogen-bond acceptors (Lipinski definition) is 4. The van der Waals surface area contributed by atoms with Crippen LogP contribution in [0, 0.1) is 0 Å². The zero-order chi connectivity index (χ0) is 18.8. The number of piperazine rings is 1. The highest BCUT2D eigenvalue weighted by Gasteiger charge is 2.50. The number of rotatable bonds is 5. The van der Waals surface area contributed by atoms with E-state index in [2.05, 4.69) is 10.0 Å². The molecule has 1 aliphatic heterocycles. The first kappa shape index (κ1) is 18.8. The molecule has 0 aromatic heterocycles. The van der Waals surface area contributed by atoms with Gasteiger partial charge in [0.25, 0.3) is 5.91 Å². The summed E-state index contributed by atoms with van der Waals surface area (Å²) in [4.78, 5) is 27.3. The van der Waals surface area contributed by atoms with Gasteiger partial charge in [-0.3, -0.25) is 9.59 Å². The molecule has 26 heavy (non-hydrogen) atoms. The van der Waals surface area contributed by atoms with Gasteiger partial charge in [-0.05, 0) is 43.5 Å². The van der Waals surface area contributed by atoms with Crippen molar-refractivity contribution >= 4 is 21.8 Å². The Morgan fingerprint density at radius 1 is 1.23 bits per heavy atom. The van der Waals surface area contributed by atoms with Crippen molar-refractivity contribution in [1.29, 1.82) is 0 Å². The standard InChI is InChI=1S/C18H25N3O4S/c1-2-11-20-26(24,25)15-7-5-14(6-8-15)16(22)21-13-12-19-17(23)18(21)9-3-4-10-18/h5-8,20H,2-4,9-13H2,1H3,(H,19,23). The number of amides is 2. The number of nitrogens with zero attached hydrogens (tertiary/aromatic N) is 1. The zero-order valence-electron chi connectivity index (χ0n) is 15.0. The summed E-state index contributed by atoms with van der Waals surface area (Å²) in [5.41, 5.74) is -0.344. The molecule has 2 amide bonds. The smallest absolute Gasteiger partial charge is 0.254 e. The minimum absolute atomic E-state index is 0.0717. The topological polar surface area (TPSA) is 95.6 Å². The molecule has 7 nitrogen and oxygen atoms in total. The maximum absolute atomic E-state index is 13.0. The number of carbonyl (C=O) groups is 2. The fourth-order valence-electron chi connectivity index (χ4n) is 3.79. The summed E-state index contributed by atoms with van der Waals surface area (Å²) in [6.45, 7) is 3.18. The average Bonchev–Trinajstić information content (AvgIpc) is 3.12. The average molecular weight is 379 g/mol. The first-order valence-corrected chi connectivity index (χ1v) is 10.6. The van der Waals surface area contributed by atoms with Crippen molar-refractivity contribution in [2.24, 2.45) is 0 Å². The molecular formula is C18H25N3O4S. The largest absolute Gasteiger partial charge is 0.352 e. The van der Waals surface area contributed by atoms with E-state index in [-0.39, 0.29) is 16.7 Å². The van der Waals surface area contributed by atoms with Crippen LogP contribution in [0.2, 0.25) is 0 Å². The van der Waals surface area contributed by atoms with Crippen LogP contribution in [0.25, 0.3) is 0 Å². The Balaban J connectivity index is 1.82. The molecule has 8 heteroatoms. The molecule has 1 heterocycles. The maximum atomic E-state index is 13.0. The van der Waals surface area contributed by atoms with Crippen molar-refractivity contribution in [3.8, 4) is 0 Å². The molecule has 2 aliphatic rings. The molecule has 1 saturated heterocycles. The first-order valence-electron chi connectivity index (χ1n) is 9.11. The normalized spacial score (nSPS) is 19.6. The third-order valence-electron chi connectivity index (χ3n) is 5.19. The highest BCUT2D eigenvalue weighted by atomic mass is 32.2. The Morgan fingerprint density at radius 2 is 1.88 bits per heavy atom. The number of carbonyl (C=O) groups excluding carboxylic acids is 2. The van der Waals surface area contributed by atoms with Crippen molar-refractivity contribution < 1.29 is 18.0 Å². The molecule has 0 atom stereocenters. The van der Waals surface area contributed by atoms with Gasteiger partial charge in [-0.1, -0.05) is 19.8 Å². The van der Waals surface area contributed by atoms with Gasteiger partial charge in [-0.25, -0.2) is 13.1 Å². The van der Waals surface area contributed by atoms with Crippen LogP contribution in [-0.2, 0) is 14.8 Å². The van der Waals surface area contributed by atoms with Crippen molar-refractivity contribution in [2.75, 3.05) is 19.6 Å². The number of sulfonamides is 1. The minimum atomic E-state index is -3.56.